The molecule has 3 atom stereocenters. The van der Waals surface area contributed by atoms with Crippen LogP contribution in [-0.4, -0.2) is 40.0 Å². The fourth-order valence-corrected chi connectivity index (χ4v) is 3.84. The van der Waals surface area contributed by atoms with E-state index < -0.39 is 11.6 Å². The summed E-state index contributed by atoms with van der Waals surface area (Å²) in [5, 5.41) is 9.81. The summed E-state index contributed by atoms with van der Waals surface area (Å²) < 4.78 is 26.3. The van der Waals surface area contributed by atoms with E-state index in [4.69, 9.17) is 0 Å². The van der Waals surface area contributed by atoms with E-state index in [1.54, 1.807) is 0 Å². The molecule has 2 heterocycles. The van der Waals surface area contributed by atoms with Gasteiger partial charge < -0.3 is 5.11 Å². The first-order chi connectivity index (χ1) is 9.97. The number of aliphatic hydroxyl groups is 1. The molecule has 5 heteroatoms. The standard InChI is InChI=1S/C16H19F2NO2/c1-9(16(21)10-2-5-14(17)15(18)6-10)19-11-3-4-12(19)8-13(20)7-11/h2,5-6,9,11-13,20H,3-4,7-8H2,1H3. The van der Waals surface area contributed by atoms with Crippen molar-refractivity contribution >= 4 is 5.78 Å². The molecule has 2 aliphatic heterocycles. The highest BCUT2D eigenvalue weighted by atomic mass is 19.2. The number of hydrogen-bond acceptors (Lipinski definition) is 3. The van der Waals surface area contributed by atoms with Gasteiger partial charge in [0.15, 0.2) is 17.4 Å². The van der Waals surface area contributed by atoms with Crippen LogP contribution in [0.2, 0.25) is 0 Å². The van der Waals surface area contributed by atoms with Crippen molar-refractivity contribution in [3.63, 3.8) is 0 Å². The Morgan fingerprint density at radius 3 is 2.43 bits per heavy atom. The lowest BCUT2D eigenvalue weighted by molar-refractivity contribution is 0.0155. The molecule has 114 valence electrons. The molecule has 3 rings (SSSR count). The maximum atomic E-state index is 13.3. The molecule has 21 heavy (non-hydrogen) atoms. The van der Waals surface area contributed by atoms with Gasteiger partial charge in [0.1, 0.15) is 0 Å². The van der Waals surface area contributed by atoms with E-state index in [1.165, 1.54) is 6.07 Å². The first-order valence-corrected chi connectivity index (χ1v) is 7.42. The summed E-state index contributed by atoms with van der Waals surface area (Å²) in [5.41, 5.74) is 0.201. The topological polar surface area (TPSA) is 40.5 Å². The van der Waals surface area contributed by atoms with Gasteiger partial charge in [0, 0.05) is 17.6 Å². The van der Waals surface area contributed by atoms with Crippen molar-refractivity contribution in [3.05, 3.63) is 35.4 Å². The van der Waals surface area contributed by atoms with E-state index in [0.717, 1.165) is 25.0 Å². The van der Waals surface area contributed by atoms with Crippen LogP contribution in [0.3, 0.4) is 0 Å². The van der Waals surface area contributed by atoms with Crippen molar-refractivity contribution in [2.45, 2.75) is 56.8 Å². The van der Waals surface area contributed by atoms with Gasteiger partial charge in [-0.15, -0.1) is 0 Å². The smallest absolute Gasteiger partial charge is 0.179 e. The Morgan fingerprint density at radius 2 is 1.86 bits per heavy atom. The van der Waals surface area contributed by atoms with Gasteiger partial charge in [0.2, 0.25) is 0 Å². The summed E-state index contributed by atoms with van der Waals surface area (Å²) >= 11 is 0. The Labute approximate surface area is 122 Å². The molecule has 1 aromatic carbocycles. The Bertz CT molecular complexity index is 549. The monoisotopic (exact) mass is 295 g/mol. The third-order valence-electron chi connectivity index (χ3n) is 4.80. The zero-order chi connectivity index (χ0) is 15.1. The Kier molecular flexibility index (Phi) is 3.80. The summed E-state index contributed by atoms with van der Waals surface area (Å²) in [6.07, 6.45) is 3.05. The molecule has 0 spiro atoms. The molecule has 2 bridgehead atoms. The van der Waals surface area contributed by atoms with Gasteiger partial charge in [-0.2, -0.15) is 0 Å². The number of halogens is 2. The van der Waals surface area contributed by atoms with Crippen LogP contribution >= 0.6 is 0 Å². The van der Waals surface area contributed by atoms with Gasteiger partial charge >= 0.3 is 0 Å². The average Bonchev–Trinajstić information content (AvgIpc) is 2.72. The van der Waals surface area contributed by atoms with Gasteiger partial charge in [-0.1, -0.05) is 0 Å². The first kappa shape index (κ1) is 14.6. The van der Waals surface area contributed by atoms with Crippen LogP contribution in [0.25, 0.3) is 0 Å². The first-order valence-electron chi connectivity index (χ1n) is 7.42. The molecular formula is C16H19F2NO2. The van der Waals surface area contributed by atoms with Crippen LogP contribution in [0.15, 0.2) is 18.2 Å². The van der Waals surface area contributed by atoms with Crippen molar-refractivity contribution in [1.29, 1.82) is 0 Å². The van der Waals surface area contributed by atoms with E-state index in [-0.39, 0.29) is 35.6 Å². The SMILES string of the molecule is CC(C(=O)c1ccc(F)c(F)c1)N1C2CCC1CC(O)C2. The molecule has 1 aromatic rings. The summed E-state index contributed by atoms with van der Waals surface area (Å²) in [5.74, 6) is -2.13. The van der Waals surface area contributed by atoms with Crippen LogP contribution in [0.4, 0.5) is 8.78 Å². The fraction of sp³-hybridized carbons (Fsp3) is 0.562. The van der Waals surface area contributed by atoms with Crippen molar-refractivity contribution in [1.82, 2.24) is 4.90 Å². The quantitative estimate of drug-likeness (QED) is 0.871. The summed E-state index contributed by atoms with van der Waals surface area (Å²) in [6, 6.07) is 3.34. The second-order valence-electron chi connectivity index (χ2n) is 6.13. The molecule has 2 saturated heterocycles. The molecule has 3 unspecified atom stereocenters. The molecule has 1 N–H and O–H groups in total. The molecule has 2 aliphatic rings. The third kappa shape index (κ3) is 2.60. The Hall–Kier alpha value is -1.33. The largest absolute Gasteiger partial charge is 0.393 e. The minimum absolute atomic E-state index is 0.192. The van der Waals surface area contributed by atoms with Gasteiger partial charge in [-0.3, -0.25) is 9.69 Å². The molecule has 0 amide bonds. The lowest BCUT2D eigenvalue weighted by Gasteiger charge is -2.40. The Balaban J connectivity index is 1.80. The predicted octanol–water partition coefficient (Wildman–Crippen LogP) is 2.52. The predicted molar refractivity (Wildman–Crippen MR) is 74.0 cm³/mol. The molecular weight excluding hydrogens is 276 g/mol. The van der Waals surface area contributed by atoms with Crippen molar-refractivity contribution in [2.24, 2.45) is 0 Å². The van der Waals surface area contributed by atoms with Crippen LogP contribution in [0, 0.1) is 11.6 Å². The Morgan fingerprint density at radius 1 is 1.24 bits per heavy atom. The minimum Gasteiger partial charge on any atom is -0.393 e. The minimum atomic E-state index is -0.995. The highest BCUT2D eigenvalue weighted by molar-refractivity contribution is 5.99. The highest BCUT2D eigenvalue weighted by Gasteiger charge is 2.44. The van der Waals surface area contributed by atoms with Gasteiger partial charge in [-0.05, 0) is 50.8 Å². The number of piperidine rings is 1. The van der Waals surface area contributed by atoms with Gasteiger partial charge in [0.25, 0.3) is 0 Å². The summed E-state index contributed by atoms with van der Waals surface area (Å²) in [7, 11) is 0. The zero-order valence-electron chi connectivity index (χ0n) is 11.9. The summed E-state index contributed by atoms with van der Waals surface area (Å²) in [6.45, 7) is 1.81. The maximum absolute atomic E-state index is 13.3. The molecule has 0 aromatic heterocycles. The number of carbonyl (C=O) groups is 1. The number of nitrogens with zero attached hydrogens (tertiary/aromatic N) is 1. The number of Topliss-reactive ketones (excluding diaryl/α,β-unsaturated/α-hetero) is 1. The molecule has 0 radical (unpaired) electrons. The van der Waals surface area contributed by atoms with Crippen molar-refractivity contribution in [3.8, 4) is 0 Å². The highest BCUT2D eigenvalue weighted by Crippen LogP contribution is 2.37. The van der Waals surface area contributed by atoms with Crippen molar-refractivity contribution < 1.29 is 18.7 Å². The number of fused-ring (bicyclic) bond motifs is 2. The van der Waals surface area contributed by atoms with E-state index in [0.29, 0.717) is 12.8 Å². The number of carbonyl (C=O) groups excluding carboxylic acids is 1. The van der Waals surface area contributed by atoms with Crippen LogP contribution in [0.5, 0.6) is 0 Å². The lowest BCUT2D eigenvalue weighted by Crippen LogP contribution is -2.51. The number of hydrogen-bond donors (Lipinski definition) is 1. The lowest BCUT2D eigenvalue weighted by atomic mass is 9.95. The molecule has 0 aliphatic carbocycles. The van der Waals surface area contributed by atoms with E-state index in [1.807, 2.05) is 6.92 Å². The normalized spacial score (nSPS) is 30.4. The molecule has 2 fully saturated rings. The number of benzene rings is 1. The van der Waals surface area contributed by atoms with Crippen molar-refractivity contribution in [2.75, 3.05) is 0 Å². The fourth-order valence-electron chi connectivity index (χ4n) is 3.84. The average molecular weight is 295 g/mol. The van der Waals surface area contributed by atoms with E-state index in [9.17, 15) is 18.7 Å². The number of aliphatic hydroxyl groups excluding tert-OH is 1. The van der Waals surface area contributed by atoms with Crippen LogP contribution in [0.1, 0.15) is 43.0 Å². The van der Waals surface area contributed by atoms with E-state index >= 15 is 0 Å². The maximum Gasteiger partial charge on any atom is 0.179 e. The van der Waals surface area contributed by atoms with Gasteiger partial charge in [0.05, 0.1) is 12.1 Å². The summed E-state index contributed by atoms with van der Waals surface area (Å²) in [4.78, 5) is 14.7. The number of rotatable bonds is 3. The zero-order valence-corrected chi connectivity index (χ0v) is 11.9. The van der Waals surface area contributed by atoms with Gasteiger partial charge in [-0.25, -0.2) is 8.78 Å². The molecule has 3 nitrogen and oxygen atoms in total. The third-order valence-corrected chi connectivity index (χ3v) is 4.80. The van der Waals surface area contributed by atoms with Crippen LogP contribution < -0.4 is 0 Å². The second kappa shape index (κ2) is 5.46. The number of ketones is 1. The van der Waals surface area contributed by atoms with Crippen LogP contribution in [-0.2, 0) is 0 Å². The second-order valence-corrected chi connectivity index (χ2v) is 6.13. The molecule has 0 saturated carbocycles. The van der Waals surface area contributed by atoms with E-state index in [2.05, 4.69) is 4.90 Å².